The van der Waals surface area contributed by atoms with E-state index in [0.29, 0.717) is 22.8 Å². The molecule has 0 saturated carbocycles. The lowest BCUT2D eigenvalue weighted by Crippen LogP contribution is -2.34. The van der Waals surface area contributed by atoms with E-state index in [1.54, 1.807) is 36.4 Å². The summed E-state index contributed by atoms with van der Waals surface area (Å²) in [4.78, 5) is 24.2. The molecule has 3 aromatic rings. The van der Waals surface area contributed by atoms with Gasteiger partial charge in [-0.25, -0.2) is 4.79 Å². The second kappa shape index (κ2) is 8.91. The Balaban J connectivity index is 1.63. The molecule has 0 bridgehead atoms. The minimum absolute atomic E-state index is 0.237. The van der Waals surface area contributed by atoms with E-state index in [9.17, 15) is 9.59 Å². The molecular weight excluding hydrogens is 442 g/mol. The number of nitrogen functional groups attached to an aromatic ring is 1. The smallest absolute Gasteiger partial charge is 0.326 e. The van der Waals surface area contributed by atoms with E-state index in [-0.39, 0.29) is 5.56 Å². The number of nitrogens with one attached hydrogen (secondary N) is 2. The van der Waals surface area contributed by atoms with Crippen LogP contribution in [0, 0.1) is 0 Å². The zero-order chi connectivity index (χ0) is 20.1. The summed E-state index contributed by atoms with van der Waals surface area (Å²) in [5, 5.41) is 5.37. The predicted molar refractivity (Wildman–Crippen MR) is 116 cm³/mol. The maximum absolute atomic E-state index is 12.1. The zero-order valence-electron chi connectivity index (χ0n) is 14.7. The van der Waals surface area contributed by atoms with Crippen molar-refractivity contribution < 1.29 is 9.59 Å². The summed E-state index contributed by atoms with van der Waals surface area (Å²) in [6.07, 6.45) is 0.671. The van der Waals surface area contributed by atoms with Gasteiger partial charge in [-0.2, -0.15) is 0 Å². The summed E-state index contributed by atoms with van der Waals surface area (Å²) < 4.78 is 1.01. The van der Waals surface area contributed by atoms with Crippen LogP contribution in [0.15, 0.2) is 71.2 Å². The summed E-state index contributed by atoms with van der Waals surface area (Å²) in [7, 11) is 0. The van der Waals surface area contributed by atoms with E-state index >= 15 is 0 Å². The molecule has 28 heavy (non-hydrogen) atoms. The van der Waals surface area contributed by atoms with Crippen molar-refractivity contribution in [2.24, 2.45) is 0 Å². The van der Waals surface area contributed by atoms with Gasteiger partial charge in [0, 0.05) is 20.9 Å². The Kier molecular flexibility index (Phi) is 6.34. The molecule has 3 rings (SSSR count). The van der Waals surface area contributed by atoms with Crippen LogP contribution in [0.25, 0.3) is 0 Å². The molecule has 5 nitrogen and oxygen atoms in total. The van der Waals surface area contributed by atoms with E-state index in [1.807, 2.05) is 30.3 Å². The van der Waals surface area contributed by atoms with Crippen LogP contribution in [0.4, 0.5) is 16.2 Å². The van der Waals surface area contributed by atoms with Gasteiger partial charge in [-0.1, -0.05) is 57.9 Å². The van der Waals surface area contributed by atoms with E-state index < -0.39 is 11.9 Å². The molecular formula is C21H17BrClN3O2. The first-order valence-electron chi connectivity index (χ1n) is 8.42. The Labute approximate surface area is 176 Å². The SMILES string of the molecule is Nc1ccccc1C(=O)NC(=O)Nc1ccc(Cc2ccc(Br)cc2)c(Cl)c1. The number of hydrogen-bond donors (Lipinski definition) is 3. The van der Waals surface area contributed by atoms with E-state index in [1.165, 1.54) is 0 Å². The Morgan fingerprint density at radius 2 is 1.71 bits per heavy atom. The predicted octanol–water partition coefficient (Wildman–Crippen LogP) is 5.24. The molecule has 0 atom stereocenters. The number of hydrogen-bond acceptors (Lipinski definition) is 3. The van der Waals surface area contributed by atoms with Crippen molar-refractivity contribution in [3.8, 4) is 0 Å². The number of carbonyl (C=O) groups excluding carboxylic acids is 2. The highest BCUT2D eigenvalue weighted by Gasteiger charge is 2.13. The average molecular weight is 459 g/mol. The fourth-order valence-electron chi connectivity index (χ4n) is 2.63. The van der Waals surface area contributed by atoms with Gasteiger partial charge in [-0.3, -0.25) is 10.1 Å². The fourth-order valence-corrected chi connectivity index (χ4v) is 3.14. The summed E-state index contributed by atoms with van der Waals surface area (Å²) in [5.41, 5.74) is 8.82. The van der Waals surface area contributed by atoms with Gasteiger partial charge in [-0.05, 0) is 53.9 Å². The third-order valence-corrected chi connectivity index (χ3v) is 4.93. The number of urea groups is 1. The molecule has 4 N–H and O–H groups in total. The molecule has 0 saturated heterocycles. The molecule has 7 heteroatoms. The summed E-state index contributed by atoms with van der Waals surface area (Å²) >= 11 is 9.76. The van der Waals surface area contributed by atoms with Crippen molar-refractivity contribution in [1.82, 2.24) is 5.32 Å². The van der Waals surface area contributed by atoms with E-state index in [0.717, 1.165) is 15.6 Å². The molecule has 3 aromatic carbocycles. The van der Waals surface area contributed by atoms with Crippen LogP contribution >= 0.6 is 27.5 Å². The van der Waals surface area contributed by atoms with Gasteiger partial charge in [0.1, 0.15) is 0 Å². The van der Waals surface area contributed by atoms with Crippen molar-refractivity contribution in [1.29, 1.82) is 0 Å². The number of para-hydroxylation sites is 1. The van der Waals surface area contributed by atoms with Gasteiger partial charge >= 0.3 is 6.03 Å². The minimum Gasteiger partial charge on any atom is -0.398 e. The van der Waals surface area contributed by atoms with Gasteiger partial charge < -0.3 is 11.1 Å². The molecule has 0 unspecified atom stereocenters. The quantitative estimate of drug-likeness (QED) is 0.468. The van der Waals surface area contributed by atoms with Crippen LogP contribution in [0.1, 0.15) is 21.5 Å². The fraction of sp³-hybridized carbons (Fsp3) is 0.0476. The standard InChI is InChI=1S/C21H17BrClN3O2/c22-15-8-5-13(6-9-15)11-14-7-10-16(12-18(14)23)25-21(28)26-20(27)17-3-1-2-4-19(17)24/h1-10,12H,11,24H2,(H2,25,26,27,28). The summed E-state index contributed by atoms with van der Waals surface area (Å²) in [5.74, 6) is -0.575. The van der Waals surface area contributed by atoms with Crippen LogP contribution in [-0.2, 0) is 6.42 Å². The molecule has 0 aliphatic rings. The molecule has 3 amide bonds. The first kappa shape index (κ1) is 19.9. The molecule has 0 aliphatic heterocycles. The Morgan fingerprint density at radius 3 is 2.39 bits per heavy atom. The molecule has 142 valence electrons. The van der Waals surface area contributed by atoms with Crippen LogP contribution in [0.2, 0.25) is 5.02 Å². The molecule has 0 aromatic heterocycles. The Bertz CT molecular complexity index is 1020. The van der Waals surface area contributed by atoms with Crippen molar-refractivity contribution in [3.05, 3.63) is 92.9 Å². The van der Waals surface area contributed by atoms with E-state index in [4.69, 9.17) is 17.3 Å². The number of anilines is 2. The molecule has 0 spiro atoms. The first-order valence-corrected chi connectivity index (χ1v) is 9.59. The lowest BCUT2D eigenvalue weighted by Gasteiger charge is -2.10. The normalized spacial score (nSPS) is 10.4. The summed E-state index contributed by atoms with van der Waals surface area (Å²) in [6.45, 7) is 0. The highest BCUT2D eigenvalue weighted by molar-refractivity contribution is 9.10. The van der Waals surface area contributed by atoms with Gasteiger partial charge in [-0.15, -0.1) is 0 Å². The van der Waals surface area contributed by atoms with Gasteiger partial charge in [0.15, 0.2) is 0 Å². The molecule has 0 heterocycles. The number of halogens is 2. The van der Waals surface area contributed by atoms with Gasteiger partial charge in [0.25, 0.3) is 5.91 Å². The number of carbonyl (C=O) groups is 2. The largest absolute Gasteiger partial charge is 0.398 e. The molecule has 0 fully saturated rings. The molecule has 0 aliphatic carbocycles. The van der Waals surface area contributed by atoms with Gasteiger partial charge in [0.05, 0.1) is 5.56 Å². The molecule has 0 radical (unpaired) electrons. The van der Waals surface area contributed by atoms with E-state index in [2.05, 4.69) is 26.6 Å². The monoisotopic (exact) mass is 457 g/mol. The van der Waals surface area contributed by atoms with Crippen molar-refractivity contribution in [3.63, 3.8) is 0 Å². The number of nitrogens with two attached hydrogens (primary N) is 1. The van der Waals surface area contributed by atoms with Crippen LogP contribution in [0.5, 0.6) is 0 Å². The lowest BCUT2D eigenvalue weighted by molar-refractivity contribution is 0.0968. The maximum Gasteiger partial charge on any atom is 0.326 e. The second-order valence-electron chi connectivity index (χ2n) is 6.10. The highest BCUT2D eigenvalue weighted by Crippen LogP contribution is 2.24. The third-order valence-electron chi connectivity index (χ3n) is 4.05. The Hall–Kier alpha value is -2.83. The number of rotatable bonds is 4. The zero-order valence-corrected chi connectivity index (χ0v) is 17.0. The highest BCUT2D eigenvalue weighted by atomic mass is 79.9. The van der Waals surface area contributed by atoms with Crippen LogP contribution < -0.4 is 16.4 Å². The second-order valence-corrected chi connectivity index (χ2v) is 7.43. The topological polar surface area (TPSA) is 84.2 Å². The van der Waals surface area contributed by atoms with Crippen LogP contribution in [0.3, 0.4) is 0 Å². The third kappa shape index (κ3) is 5.12. The van der Waals surface area contributed by atoms with Crippen molar-refractivity contribution in [2.45, 2.75) is 6.42 Å². The Morgan fingerprint density at radius 1 is 1.00 bits per heavy atom. The average Bonchev–Trinajstić information content (AvgIpc) is 2.66. The number of benzene rings is 3. The first-order chi connectivity index (χ1) is 13.4. The lowest BCUT2D eigenvalue weighted by atomic mass is 10.0. The minimum atomic E-state index is -0.662. The van der Waals surface area contributed by atoms with Crippen molar-refractivity contribution >= 4 is 50.8 Å². The number of amides is 3. The maximum atomic E-state index is 12.1. The van der Waals surface area contributed by atoms with Crippen molar-refractivity contribution in [2.75, 3.05) is 11.1 Å². The number of imide groups is 1. The van der Waals surface area contributed by atoms with Crippen LogP contribution in [-0.4, -0.2) is 11.9 Å². The van der Waals surface area contributed by atoms with Gasteiger partial charge in [0.2, 0.25) is 0 Å². The summed E-state index contributed by atoms with van der Waals surface area (Å²) in [6, 6.07) is 19.1.